The monoisotopic (exact) mass is 266 g/mol. The van der Waals surface area contributed by atoms with Crippen molar-refractivity contribution < 1.29 is 3.07 Å². The van der Waals surface area contributed by atoms with Crippen LogP contribution in [0.5, 0.6) is 5.75 Å². The highest BCUT2D eigenvalue weighted by Gasteiger charge is 1.94. The molecule has 0 aliphatic rings. The van der Waals surface area contributed by atoms with Crippen LogP contribution in [0.1, 0.15) is 5.56 Å². The Bertz CT molecular complexity index is 237. The van der Waals surface area contributed by atoms with Crippen molar-refractivity contribution in [3.63, 3.8) is 0 Å². The van der Waals surface area contributed by atoms with Gasteiger partial charge in [-0.15, -0.1) is 9.24 Å². The molecule has 3 heteroatoms. The van der Waals surface area contributed by atoms with Gasteiger partial charge in [-0.2, -0.15) is 0 Å². The van der Waals surface area contributed by atoms with Gasteiger partial charge in [-0.3, -0.25) is 0 Å². The van der Waals surface area contributed by atoms with Gasteiger partial charge >= 0.3 is 0 Å². The predicted octanol–water partition coefficient (Wildman–Crippen LogP) is 2.22. The number of benzene rings is 1. The number of hydrogen-bond acceptors (Lipinski definition) is 1. The Morgan fingerprint density at radius 1 is 1.50 bits per heavy atom. The van der Waals surface area contributed by atoms with E-state index in [0.29, 0.717) is 0 Å². The second-order valence-corrected chi connectivity index (χ2v) is 3.16. The summed E-state index contributed by atoms with van der Waals surface area (Å²) in [5, 5.41) is 1.22. The summed E-state index contributed by atoms with van der Waals surface area (Å²) < 4.78 is 5.01. The summed E-state index contributed by atoms with van der Waals surface area (Å²) >= 11 is 1.87. The van der Waals surface area contributed by atoms with Crippen LogP contribution < -0.4 is 8.37 Å². The number of hydrogen-bond donors (Lipinski definition) is 0. The minimum atomic E-state index is 0.907. The van der Waals surface area contributed by atoms with Gasteiger partial charge in [0.15, 0.2) is 23.0 Å². The van der Waals surface area contributed by atoms with Gasteiger partial charge in [-0.1, -0.05) is 6.07 Å². The van der Waals surface area contributed by atoms with E-state index in [1.165, 1.54) is 10.9 Å². The molecular formula is C7H8IOP. The van der Waals surface area contributed by atoms with Crippen molar-refractivity contribution in [3.8, 4) is 5.75 Å². The first-order chi connectivity index (χ1) is 4.74. The first-order valence-corrected chi connectivity index (χ1v) is 4.34. The zero-order valence-electron chi connectivity index (χ0n) is 5.60. The van der Waals surface area contributed by atoms with E-state index in [1.807, 2.05) is 41.2 Å². The molecule has 1 aromatic rings. The first kappa shape index (κ1) is 8.28. The molecule has 0 aliphatic heterocycles. The van der Waals surface area contributed by atoms with Crippen LogP contribution in [0.3, 0.4) is 0 Å². The number of aryl methyl sites for hydroxylation is 1. The molecule has 0 fully saturated rings. The molecule has 0 amide bonds. The van der Waals surface area contributed by atoms with Crippen LogP contribution in [-0.4, -0.2) is 0 Å². The topological polar surface area (TPSA) is 9.23 Å². The molecular weight excluding hydrogens is 258 g/mol. The van der Waals surface area contributed by atoms with Gasteiger partial charge in [0.2, 0.25) is 0 Å². The van der Waals surface area contributed by atoms with Gasteiger partial charge in [-0.05, 0) is 29.9 Å². The molecule has 1 atom stereocenters. The van der Waals surface area contributed by atoms with E-state index in [0.717, 1.165) is 5.75 Å². The van der Waals surface area contributed by atoms with Crippen molar-refractivity contribution in [3.05, 3.63) is 23.8 Å². The highest BCUT2D eigenvalue weighted by Crippen LogP contribution is 2.14. The van der Waals surface area contributed by atoms with E-state index in [-0.39, 0.29) is 0 Å². The van der Waals surface area contributed by atoms with Crippen molar-refractivity contribution in [1.29, 1.82) is 0 Å². The Labute approximate surface area is 77.1 Å². The second kappa shape index (κ2) is 3.54. The average molecular weight is 266 g/mol. The van der Waals surface area contributed by atoms with Crippen LogP contribution in [0, 0.1) is 6.92 Å². The quantitative estimate of drug-likeness (QED) is 0.559. The highest BCUT2D eigenvalue weighted by molar-refractivity contribution is 14.1. The lowest BCUT2D eigenvalue weighted by molar-refractivity contribution is 0.716. The number of halogens is 1. The summed E-state index contributed by atoms with van der Waals surface area (Å²) in [6.07, 6.45) is 0. The predicted molar refractivity (Wildman–Crippen MR) is 55.2 cm³/mol. The summed E-state index contributed by atoms with van der Waals surface area (Å²) in [4.78, 5) is 0. The third-order valence-electron chi connectivity index (χ3n) is 1.33. The molecule has 0 spiro atoms. The molecule has 0 saturated heterocycles. The summed E-state index contributed by atoms with van der Waals surface area (Å²) in [6.45, 7) is 2.06. The largest absolute Gasteiger partial charge is 0.428 e. The van der Waals surface area contributed by atoms with Crippen LogP contribution in [0.2, 0.25) is 0 Å². The molecule has 0 radical (unpaired) electrons. The maximum Gasteiger partial charge on any atom is 0.192 e. The Balaban J connectivity index is 3.04. The van der Waals surface area contributed by atoms with E-state index in [4.69, 9.17) is 3.07 Å². The van der Waals surface area contributed by atoms with E-state index >= 15 is 0 Å². The standard InChI is InChI=1S/C7H8IOP/c1-5-4-6(9-8)2-3-7(5)10/h2-4H,10H2,1H3. The summed E-state index contributed by atoms with van der Waals surface area (Å²) in [5.74, 6) is 0.907. The van der Waals surface area contributed by atoms with Crippen LogP contribution in [0.4, 0.5) is 0 Å². The van der Waals surface area contributed by atoms with Crippen molar-refractivity contribution in [1.82, 2.24) is 0 Å². The number of rotatable bonds is 1. The van der Waals surface area contributed by atoms with Gasteiger partial charge in [-0.25, -0.2) is 0 Å². The third kappa shape index (κ3) is 1.83. The minimum absolute atomic E-state index is 0.907. The molecule has 10 heavy (non-hydrogen) atoms. The highest BCUT2D eigenvalue weighted by atomic mass is 127. The Kier molecular flexibility index (Phi) is 2.93. The van der Waals surface area contributed by atoms with Gasteiger partial charge in [0, 0.05) is 0 Å². The fraction of sp³-hybridized carbons (Fsp3) is 0.143. The van der Waals surface area contributed by atoms with Gasteiger partial charge in [0.25, 0.3) is 0 Å². The Morgan fingerprint density at radius 2 is 2.20 bits per heavy atom. The van der Waals surface area contributed by atoms with Crippen molar-refractivity contribution in [2.75, 3.05) is 0 Å². The molecule has 0 saturated carbocycles. The molecule has 0 aromatic heterocycles. The minimum Gasteiger partial charge on any atom is -0.428 e. The van der Waals surface area contributed by atoms with E-state index < -0.39 is 0 Å². The van der Waals surface area contributed by atoms with Gasteiger partial charge < -0.3 is 3.07 Å². The first-order valence-electron chi connectivity index (χ1n) is 2.89. The third-order valence-corrected chi connectivity index (χ3v) is 2.49. The average Bonchev–Trinajstić information content (AvgIpc) is 1.95. The summed E-state index contributed by atoms with van der Waals surface area (Å²) in [6, 6.07) is 5.98. The lowest BCUT2D eigenvalue weighted by Crippen LogP contribution is -1.94. The molecule has 1 aromatic carbocycles. The van der Waals surface area contributed by atoms with Crippen LogP contribution in [0.15, 0.2) is 18.2 Å². The summed E-state index contributed by atoms with van der Waals surface area (Å²) in [5.41, 5.74) is 1.24. The van der Waals surface area contributed by atoms with E-state index in [9.17, 15) is 0 Å². The van der Waals surface area contributed by atoms with Gasteiger partial charge in [0.1, 0.15) is 5.75 Å². The van der Waals surface area contributed by atoms with Crippen molar-refractivity contribution >= 4 is 37.6 Å². The molecule has 0 N–H and O–H groups in total. The van der Waals surface area contributed by atoms with Crippen molar-refractivity contribution in [2.24, 2.45) is 0 Å². The van der Waals surface area contributed by atoms with Crippen molar-refractivity contribution in [2.45, 2.75) is 6.92 Å². The molecule has 0 aliphatic carbocycles. The maximum atomic E-state index is 5.01. The van der Waals surface area contributed by atoms with Crippen LogP contribution in [-0.2, 0) is 0 Å². The zero-order chi connectivity index (χ0) is 7.56. The second-order valence-electron chi connectivity index (χ2n) is 2.10. The Morgan fingerprint density at radius 3 is 2.70 bits per heavy atom. The van der Waals surface area contributed by atoms with Gasteiger partial charge in [0.05, 0.1) is 0 Å². The normalized spacial score (nSPS) is 9.50. The lowest BCUT2D eigenvalue weighted by atomic mass is 10.2. The van der Waals surface area contributed by atoms with E-state index in [2.05, 4.69) is 16.2 Å². The smallest absolute Gasteiger partial charge is 0.192 e. The van der Waals surface area contributed by atoms with E-state index in [1.54, 1.807) is 0 Å². The zero-order valence-corrected chi connectivity index (χ0v) is 8.91. The van der Waals surface area contributed by atoms with Crippen LogP contribution >= 0.6 is 32.2 Å². The Hall–Kier alpha value is 0.180. The van der Waals surface area contributed by atoms with Crippen LogP contribution in [0.25, 0.3) is 0 Å². The SMILES string of the molecule is Cc1cc(OI)ccc1P. The molecule has 0 heterocycles. The molecule has 1 rings (SSSR count). The fourth-order valence-corrected chi connectivity index (χ4v) is 1.15. The molecule has 1 nitrogen and oxygen atoms in total. The maximum absolute atomic E-state index is 5.01. The lowest BCUT2D eigenvalue weighted by Gasteiger charge is -2.00. The summed E-state index contributed by atoms with van der Waals surface area (Å²) in [7, 11) is 2.67. The fourth-order valence-electron chi connectivity index (χ4n) is 0.696. The molecule has 1 unspecified atom stereocenters. The molecule has 54 valence electrons. The molecule has 0 bridgehead atoms.